The third-order valence-corrected chi connectivity index (χ3v) is 5.23. The smallest absolute Gasteiger partial charge is 0.236 e. The van der Waals surface area contributed by atoms with Gasteiger partial charge in [-0.05, 0) is 43.7 Å². The molecule has 2 aliphatic rings. The Bertz CT molecular complexity index is 469. The normalized spacial score (nSPS) is 27.9. The van der Waals surface area contributed by atoms with Crippen LogP contribution in [0.15, 0.2) is 24.3 Å². The number of amides is 1. The second kappa shape index (κ2) is 4.61. The fourth-order valence-corrected chi connectivity index (χ4v) is 3.93. The van der Waals surface area contributed by atoms with Crippen LogP contribution in [0, 0.1) is 12.8 Å². The Balaban J connectivity index is 1.89. The molecule has 3 rings (SSSR count). The van der Waals surface area contributed by atoms with Gasteiger partial charge in [-0.15, -0.1) is 11.8 Å². The molecule has 0 N–H and O–H groups in total. The van der Waals surface area contributed by atoms with E-state index in [2.05, 4.69) is 36.1 Å². The van der Waals surface area contributed by atoms with E-state index in [1.807, 2.05) is 6.92 Å². The van der Waals surface area contributed by atoms with Crippen LogP contribution in [0.3, 0.4) is 0 Å². The van der Waals surface area contributed by atoms with Gasteiger partial charge >= 0.3 is 0 Å². The molecular weight excluding hydrogens is 242 g/mol. The number of rotatable bonds is 3. The lowest BCUT2D eigenvalue weighted by Gasteiger charge is -2.25. The lowest BCUT2D eigenvalue weighted by molar-refractivity contribution is -0.130. The molecule has 0 bridgehead atoms. The number of hydrogen-bond acceptors (Lipinski definition) is 2. The zero-order valence-electron chi connectivity index (χ0n) is 10.9. The first kappa shape index (κ1) is 12.1. The third kappa shape index (κ3) is 2.16. The summed E-state index contributed by atoms with van der Waals surface area (Å²) in [6.07, 6.45) is 2.59. The molecule has 0 aromatic heterocycles. The molecule has 96 valence electrons. The maximum atomic E-state index is 12.3. The van der Waals surface area contributed by atoms with Crippen molar-refractivity contribution in [3.8, 4) is 0 Å². The van der Waals surface area contributed by atoms with Crippen LogP contribution in [0.25, 0.3) is 0 Å². The molecule has 1 heterocycles. The first-order chi connectivity index (χ1) is 8.66. The van der Waals surface area contributed by atoms with Crippen molar-refractivity contribution in [2.24, 2.45) is 5.92 Å². The average molecular weight is 261 g/mol. The monoisotopic (exact) mass is 261 g/mol. The van der Waals surface area contributed by atoms with E-state index in [1.165, 1.54) is 24.0 Å². The highest BCUT2D eigenvalue weighted by Gasteiger charge is 2.41. The highest BCUT2D eigenvalue weighted by atomic mass is 32.2. The Morgan fingerprint density at radius 3 is 2.72 bits per heavy atom. The quantitative estimate of drug-likeness (QED) is 0.831. The summed E-state index contributed by atoms with van der Waals surface area (Å²) < 4.78 is 0. The van der Waals surface area contributed by atoms with Crippen LogP contribution in [0.4, 0.5) is 0 Å². The summed E-state index contributed by atoms with van der Waals surface area (Å²) in [5.74, 6) is 1.08. The van der Waals surface area contributed by atoms with Crippen LogP contribution in [-0.2, 0) is 4.79 Å². The molecule has 3 heteroatoms. The van der Waals surface area contributed by atoms with Gasteiger partial charge in [0.05, 0.1) is 5.25 Å². The highest BCUT2D eigenvalue weighted by Crippen LogP contribution is 2.45. The molecule has 1 aliphatic heterocycles. The summed E-state index contributed by atoms with van der Waals surface area (Å²) in [4.78, 5) is 14.4. The minimum Gasteiger partial charge on any atom is -0.325 e. The molecule has 18 heavy (non-hydrogen) atoms. The lowest BCUT2D eigenvalue weighted by atomic mass is 10.1. The molecule has 1 aromatic carbocycles. The predicted octanol–water partition coefficient (Wildman–Crippen LogP) is 3.37. The lowest BCUT2D eigenvalue weighted by Crippen LogP contribution is -2.32. The van der Waals surface area contributed by atoms with Crippen molar-refractivity contribution in [2.75, 3.05) is 6.54 Å². The van der Waals surface area contributed by atoms with Gasteiger partial charge in [-0.1, -0.05) is 24.3 Å². The zero-order chi connectivity index (χ0) is 12.7. The maximum absolute atomic E-state index is 12.3. The molecule has 2 fully saturated rings. The van der Waals surface area contributed by atoms with Crippen molar-refractivity contribution in [2.45, 2.75) is 37.3 Å². The molecule has 0 radical (unpaired) electrons. The van der Waals surface area contributed by atoms with E-state index in [1.54, 1.807) is 11.8 Å². The van der Waals surface area contributed by atoms with Crippen LogP contribution >= 0.6 is 11.8 Å². The number of carbonyl (C=O) groups is 1. The Morgan fingerprint density at radius 1 is 1.33 bits per heavy atom. The van der Waals surface area contributed by atoms with Gasteiger partial charge in [-0.2, -0.15) is 0 Å². The number of aryl methyl sites for hydroxylation is 1. The van der Waals surface area contributed by atoms with Crippen LogP contribution < -0.4 is 0 Å². The molecule has 1 aliphatic carbocycles. The van der Waals surface area contributed by atoms with Crippen molar-refractivity contribution in [3.63, 3.8) is 0 Å². The molecule has 0 unspecified atom stereocenters. The fraction of sp³-hybridized carbons (Fsp3) is 0.533. The number of benzene rings is 1. The van der Waals surface area contributed by atoms with Gasteiger partial charge in [-0.25, -0.2) is 0 Å². The number of carbonyl (C=O) groups excluding carboxylic acids is 1. The van der Waals surface area contributed by atoms with Crippen LogP contribution in [0.1, 0.15) is 36.3 Å². The van der Waals surface area contributed by atoms with Crippen molar-refractivity contribution >= 4 is 17.7 Å². The van der Waals surface area contributed by atoms with Gasteiger partial charge in [0.2, 0.25) is 5.91 Å². The molecule has 1 amide bonds. The first-order valence-corrected chi connectivity index (χ1v) is 7.62. The number of thioether (sulfide) groups is 1. The maximum Gasteiger partial charge on any atom is 0.236 e. The minimum atomic E-state index is 0.105. The largest absolute Gasteiger partial charge is 0.325 e. The molecule has 2 atom stereocenters. The topological polar surface area (TPSA) is 20.3 Å². The van der Waals surface area contributed by atoms with Crippen molar-refractivity contribution in [3.05, 3.63) is 35.4 Å². The van der Waals surface area contributed by atoms with Crippen LogP contribution in [0.5, 0.6) is 0 Å². The minimum absolute atomic E-state index is 0.105. The molecule has 1 saturated carbocycles. The standard InChI is InChI=1S/C15H19NOS/c1-10-5-3-4-6-13(10)15-16(9-12-7-8-12)14(17)11(2)18-15/h3-6,11-12,15H,7-9H2,1-2H3/t11-,15-/m0/s1. The van der Waals surface area contributed by atoms with E-state index in [4.69, 9.17) is 0 Å². The highest BCUT2D eigenvalue weighted by molar-refractivity contribution is 8.01. The Morgan fingerprint density at radius 2 is 2.06 bits per heavy atom. The van der Waals surface area contributed by atoms with Gasteiger partial charge in [0.25, 0.3) is 0 Å². The van der Waals surface area contributed by atoms with E-state index in [9.17, 15) is 4.79 Å². The van der Waals surface area contributed by atoms with Gasteiger partial charge < -0.3 is 4.90 Å². The van der Waals surface area contributed by atoms with E-state index in [0.29, 0.717) is 5.91 Å². The number of hydrogen-bond donors (Lipinski definition) is 0. The summed E-state index contributed by atoms with van der Waals surface area (Å²) in [6.45, 7) is 5.12. The molecular formula is C15H19NOS. The summed E-state index contributed by atoms with van der Waals surface area (Å²) >= 11 is 1.80. The Labute approximate surface area is 113 Å². The predicted molar refractivity (Wildman–Crippen MR) is 75.4 cm³/mol. The van der Waals surface area contributed by atoms with Crippen molar-refractivity contribution < 1.29 is 4.79 Å². The van der Waals surface area contributed by atoms with E-state index in [-0.39, 0.29) is 10.6 Å². The van der Waals surface area contributed by atoms with Crippen molar-refractivity contribution in [1.82, 2.24) is 4.90 Å². The van der Waals surface area contributed by atoms with Crippen LogP contribution in [-0.4, -0.2) is 22.6 Å². The summed E-state index contributed by atoms with van der Waals surface area (Å²) in [6, 6.07) is 8.44. The van der Waals surface area contributed by atoms with Gasteiger partial charge in [0.15, 0.2) is 0 Å². The van der Waals surface area contributed by atoms with Crippen molar-refractivity contribution in [1.29, 1.82) is 0 Å². The van der Waals surface area contributed by atoms with Gasteiger partial charge in [0.1, 0.15) is 5.37 Å². The summed E-state index contributed by atoms with van der Waals surface area (Å²) in [5, 5.41) is 0.336. The first-order valence-electron chi connectivity index (χ1n) is 6.68. The molecule has 2 nitrogen and oxygen atoms in total. The Kier molecular flexibility index (Phi) is 3.10. The second-order valence-electron chi connectivity index (χ2n) is 5.42. The van der Waals surface area contributed by atoms with E-state index >= 15 is 0 Å². The van der Waals surface area contributed by atoms with E-state index in [0.717, 1.165) is 12.5 Å². The fourth-order valence-electron chi connectivity index (χ4n) is 2.54. The van der Waals surface area contributed by atoms with Crippen LogP contribution in [0.2, 0.25) is 0 Å². The Hall–Kier alpha value is -0.960. The summed E-state index contributed by atoms with van der Waals surface area (Å²) in [7, 11) is 0. The molecule has 1 saturated heterocycles. The van der Waals surface area contributed by atoms with Gasteiger partial charge in [-0.3, -0.25) is 4.79 Å². The zero-order valence-corrected chi connectivity index (χ0v) is 11.7. The molecule has 0 spiro atoms. The third-order valence-electron chi connectivity index (χ3n) is 3.85. The SMILES string of the molecule is Cc1ccccc1[C@@H]1S[C@@H](C)C(=O)N1CC1CC1. The second-order valence-corrected chi connectivity index (χ2v) is 6.85. The number of nitrogens with zero attached hydrogens (tertiary/aromatic N) is 1. The van der Waals surface area contributed by atoms with Gasteiger partial charge in [0, 0.05) is 6.54 Å². The average Bonchev–Trinajstić information content (AvgIpc) is 3.13. The molecule has 1 aromatic rings. The summed E-state index contributed by atoms with van der Waals surface area (Å²) in [5.41, 5.74) is 2.60. The van der Waals surface area contributed by atoms with E-state index < -0.39 is 0 Å².